The molecule has 1 aliphatic carbocycles. The molecule has 0 aromatic rings. The number of carbonyl (C=O) groups is 1. The summed E-state index contributed by atoms with van der Waals surface area (Å²) < 4.78 is 5.21. The summed E-state index contributed by atoms with van der Waals surface area (Å²) in [5, 5.41) is 18.0. The van der Waals surface area contributed by atoms with E-state index in [1.807, 2.05) is 0 Å². The zero-order chi connectivity index (χ0) is 9.42. The number of hydrogen-bond donors (Lipinski definition) is 2. The van der Waals surface area contributed by atoms with Gasteiger partial charge in [-0.1, -0.05) is 6.08 Å². The van der Waals surface area contributed by atoms with Gasteiger partial charge < -0.3 is 14.9 Å². The van der Waals surface area contributed by atoms with Crippen molar-refractivity contribution in [1.82, 2.24) is 0 Å². The summed E-state index contributed by atoms with van der Waals surface area (Å²) in [6.45, 7) is -0.0570. The van der Waals surface area contributed by atoms with Crippen molar-refractivity contribution in [2.24, 2.45) is 11.8 Å². The fourth-order valence-electron chi connectivity index (χ4n) is 2.13. The SMILES string of the molecule is O=C1CO[C@@H]2C=C(CO)[C@@H](CO)[C@@H]12. The first-order valence-electron chi connectivity index (χ1n) is 4.34. The van der Waals surface area contributed by atoms with Crippen molar-refractivity contribution in [2.45, 2.75) is 6.10 Å². The third kappa shape index (κ3) is 1.22. The number of fused-ring (bicyclic) bond motifs is 1. The van der Waals surface area contributed by atoms with E-state index < -0.39 is 0 Å². The maximum absolute atomic E-state index is 11.3. The molecule has 4 heteroatoms. The number of aliphatic hydroxyl groups excluding tert-OH is 2. The molecule has 2 N–H and O–H groups in total. The number of carbonyl (C=O) groups excluding carboxylic acids is 1. The standard InChI is InChI=1S/C9H12O4/c10-2-5-1-8-9(6(5)3-11)7(12)4-13-8/h1,6,8-11H,2-4H2/t6-,8-,9+/m1/s1. The Morgan fingerprint density at radius 3 is 2.92 bits per heavy atom. The van der Waals surface area contributed by atoms with Crippen LogP contribution in [0.1, 0.15) is 0 Å². The van der Waals surface area contributed by atoms with Gasteiger partial charge >= 0.3 is 0 Å². The largest absolute Gasteiger partial charge is 0.396 e. The lowest BCUT2D eigenvalue weighted by molar-refractivity contribution is -0.121. The number of ketones is 1. The normalized spacial score (nSPS) is 37.8. The minimum atomic E-state index is -0.257. The van der Waals surface area contributed by atoms with Gasteiger partial charge in [0, 0.05) is 5.92 Å². The highest BCUT2D eigenvalue weighted by Crippen LogP contribution is 2.37. The predicted octanol–water partition coefficient (Wildman–Crippen LogP) is -0.889. The second-order valence-corrected chi connectivity index (χ2v) is 3.46. The summed E-state index contributed by atoms with van der Waals surface area (Å²) >= 11 is 0. The average Bonchev–Trinajstić information content (AvgIpc) is 2.65. The summed E-state index contributed by atoms with van der Waals surface area (Å²) in [5.41, 5.74) is 0.727. The van der Waals surface area contributed by atoms with E-state index in [0.29, 0.717) is 0 Å². The number of aliphatic hydroxyl groups is 2. The lowest BCUT2D eigenvalue weighted by atomic mass is 9.89. The molecule has 1 saturated heterocycles. The van der Waals surface area contributed by atoms with Crippen LogP contribution in [0.15, 0.2) is 11.6 Å². The molecule has 0 spiro atoms. The highest BCUT2D eigenvalue weighted by molar-refractivity contribution is 5.86. The van der Waals surface area contributed by atoms with E-state index in [-0.39, 0.29) is 43.5 Å². The molecular weight excluding hydrogens is 172 g/mol. The monoisotopic (exact) mass is 184 g/mol. The van der Waals surface area contributed by atoms with Crippen molar-refractivity contribution >= 4 is 5.78 Å². The minimum absolute atomic E-state index is 0.0313. The minimum Gasteiger partial charge on any atom is -0.396 e. The summed E-state index contributed by atoms with van der Waals surface area (Å²) in [5.74, 6) is -0.458. The van der Waals surface area contributed by atoms with Crippen LogP contribution in [0.2, 0.25) is 0 Å². The first-order chi connectivity index (χ1) is 6.27. The van der Waals surface area contributed by atoms with Crippen molar-refractivity contribution in [1.29, 1.82) is 0 Å². The quantitative estimate of drug-likeness (QED) is 0.546. The van der Waals surface area contributed by atoms with Crippen molar-refractivity contribution in [3.8, 4) is 0 Å². The molecule has 0 amide bonds. The molecule has 3 atom stereocenters. The van der Waals surface area contributed by atoms with Gasteiger partial charge in [-0.25, -0.2) is 0 Å². The van der Waals surface area contributed by atoms with Crippen LogP contribution in [0, 0.1) is 11.8 Å². The third-order valence-electron chi connectivity index (χ3n) is 2.81. The van der Waals surface area contributed by atoms with Crippen LogP contribution in [0.4, 0.5) is 0 Å². The van der Waals surface area contributed by atoms with Crippen LogP contribution in [0.25, 0.3) is 0 Å². The first kappa shape index (κ1) is 8.87. The smallest absolute Gasteiger partial charge is 0.165 e. The number of rotatable bonds is 2. The molecule has 13 heavy (non-hydrogen) atoms. The van der Waals surface area contributed by atoms with Crippen LogP contribution in [0.3, 0.4) is 0 Å². The molecule has 0 bridgehead atoms. The second-order valence-electron chi connectivity index (χ2n) is 3.46. The van der Waals surface area contributed by atoms with Crippen LogP contribution < -0.4 is 0 Å². The van der Waals surface area contributed by atoms with Crippen molar-refractivity contribution in [3.63, 3.8) is 0 Å². The molecule has 72 valence electrons. The van der Waals surface area contributed by atoms with Gasteiger partial charge in [0.25, 0.3) is 0 Å². The van der Waals surface area contributed by atoms with E-state index in [1.165, 1.54) is 0 Å². The topological polar surface area (TPSA) is 66.8 Å². The second kappa shape index (κ2) is 3.21. The molecule has 1 heterocycles. The summed E-state index contributed by atoms with van der Waals surface area (Å²) in [6, 6.07) is 0. The molecule has 2 aliphatic rings. The van der Waals surface area contributed by atoms with Crippen LogP contribution in [-0.2, 0) is 9.53 Å². The Morgan fingerprint density at radius 2 is 2.31 bits per heavy atom. The Labute approximate surface area is 75.8 Å². The fraction of sp³-hybridized carbons (Fsp3) is 0.667. The van der Waals surface area contributed by atoms with E-state index in [1.54, 1.807) is 6.08 Å². The molecule has 4 nitrogen and oxygen atoms in total. The lowest BCUT2D eigenvalue weighted by Crippen LogP contribution is -2.26. The zero-order valence-corrected chi connectivity index (χ0v) is 7.14. The van der Waals surface area contributed by atoms with Crippen LogP contribution in [0.5, 0.6) is 0 Å². The Kier molecular flexibility index (Phi) is 2.19. The lowest BCUT2D eigenvalue weighted by Gasteiger charge is -2.15. The summed E-state index contributed by atoms with van der Waals surface area (Å²) in [6.07, 6.45) is 1.54. The molecule has 1 aliphatic heterocycles. The summed E-state index contributed by atoms with van der Waals surface area (Å²) in [7, 11) is 0. The molecule has 0 saturated carbocycles. The Morgan fingerprint density at radius 1 is 1.54 bits per heavy atom. The van der Waals surface area contributed by atoms with E-state index >= 15 is 0 Å². The predicted molar refractivity (Wildman–Crippen MR) is 44.0 cm³/mol. The first-order valence-corrected chi connectivity index (χ1v) is 4.34. The van der Waals surface area contributed by atoms with Gasteiger partial charge in [0.2, 0.25) is 0 Å². The Bertz CT molecular complexity index is 258. The van der Waals surface area contributed by atoms with Gasteiger partial charge in [0.15, 0.2) is 5.78 Å². The van der Waals surface area contributed by atoms with Crippen LogP contribution >= 0.6 is 0 Å². The Hall–Kier alpha value is -0.710. The number of ether oxygens (including phenoxy) is 1. The maximum Gasteiger partial charge on any atom is 0.165 e. The molecule has 2 rings (SSSR count). The highest BCUT2D eigenvalue weighted by Gasteiger charge is 2.45. The van der Waals surface area contributed by atoms with Gasteiger partial charge in [0.1, 0.15) is 6.61 Å². The molecule has 0 aromatic heterocycles. The van der Waals surface area contributed by atoms with Gasteiger partial charge in [-0.05, 0) is 5.57 Å². The molecule has 1 fully saturated rings. The third-order valence-corrected chi connectivity index (χ3v) is 2.81. The van der Waals surface area contributed by atoms with E-state index in [0.717, 1.165) is 5.57 Å². The van der Waals surface area contributed by atoms with E-state index in [2.05, 4.69) is 0 Å². The van der Waals surface area contributed by atoms with Gasteiger partial charge in [-0.3, -0.25) is 4.79 Å². The van der Waals surface area contributed by atoms with Gasteiger partial charge in [0.05, 0.1) is 25.2 Å². The summed E-state index contributed by atoms with van der Waals surface area (Å²) in [4.78, 5) is 11.3. The Balaban J connectivity index is 2.23. The van der Waals surface area contributed by atoms with Gasteiger partial charge in [-0.2, -0.15) is 0 Å². The molecular formula is C9H12O4. The van der Waals surface area contributed by atoms with E-state index in [9.17, 15) is 4.79 Å². The van der Waals surface area contributed by atoms with E-state index in [4.69, 9.17) is 14.9 Å². The van der Waals surface area contributed by atoms with Crippen molar-refractivity contribution in [3.05, 3.63) is 11.6 Å². The molecule has 0 aromatic carbocycles. The fourth-order valence-corrected chi connectivity index (χ4v) is 2.13. The number of hydrogen-bond acceptors (Lipinski definition) is 4. The van der Waals surface area contributed by atoms with Crippen LogP contribution in [-0.4, -0.2) is 41.9 Å². The van der Waals surface area contributed by atoms with Crippen molar-refractivity contribution < 1.29 is 19.7 Å². The van der Waals surface area contributed by atoms with Crippen molar-refractivity contribution in [2.75, 3.05) is 19.8 Å². The number of Topliss-reactive ketones (excluding diaryl/α,β-unsaturated/α-hetero) is 1. The highest BCUT2D eigenvalue weighted by atomic mass is 16.5. The average molecular weight is 184 g/mol. The zero-order valence-electron chi connectivity index (χ0n) is 7.14. The molecule has 0 radical (unpaired) electrons. The van der Waals surface area contributed by atoms with Gasteiger partial charge in [-0.15, -0.1) is 0 Å². The molecule has 0 unspecified atom stereocenters. The maximum atomic E-state index is 11.3.